The van der Waals surface area contributed by atoms with E-state index in [1.54, 1.807) is 0 Å². The number of phenolic OH excluding ortho intramolecular Hbond substituents is 1. The molecule has 0 aliphatic heterocycles. The molecule has 116 valence electrons. The summed E-state index contributed by atoms with van der Waals surface area (Å²) in [5.41, 5.74) is -0.0797. The van der Waals surface area contributed by atoms with E-state index in [4.69, 9.17) is 0 Å². The molecule has 0 fully saturated rings. The third-order valence-corrected chi connectivity index (χ3v) is 3.05. The van der Waals surface area contributed by atoms with Gasteiger partial charge >= 0.3 is 29.6 Å². The van der Waals surface area contributed by atoms with E-state index in [0.29, 0.717) is 13.0 Å². The summed E-state index contributed by atoms with van der Waals surface area (Å²) < 4.78 is 13.0. The molecule has 0 aliphatic carbocycles. The van der Waals surface area contributed by atoms with Crippen molar-refractivity contribution in [1.82, 2.24) is 5.32 Å². The van der Waals surface area contributed by atoms with Crippen LogP contribution >= 0.6 is 0 Å². The van der Waals surface area contributed by atoms with Gasteiger partial charge in [-0.05, 0) is 37.5 Å². The first-order chi connectivity index (χ1) is 10.0. The van der Waals surface area contributed by atoms with Crippen molar-refractivity contribution in [1.29, 1.82) is 0 Å². The van der Waals surface area contributed by atoms with E-state index >= 15 is 0 Å². The van der Waals surface area contributed by atoms with Gasteiger partial charge in [0.2, 0.25) is 0 Å². The molecule has 0 radical (unpaired) electrons. The normalized spacial score (nSPS) is 9.86. The van der Waals surface area contributed by atoms with Crippen molar-refractivity contribution in [3.63, 3.8) is 0 Å². The van der Waals surface area contributed by atoms with Crippen LogP contribution in [0.3, 0.4) is 0 Å². The van der Waals surface area contributed by atoms with E-state index < -0.39 is 17.7 Å². The van der Waals surface area contributed by atoms with Crippen molar-refractivity contribution in [3.05, 3.63) is 29.6 Å². The third kappa shape index (κ3) is 8.36. The van der Waals surface area contributed by atoms with Gasteiger partial charge in [0.1, 0.15) is 11.6 Å². The smallest absolute Gasteiger partial charge is 0.550 e. The second-order valence-corrected chi connectivity index (χ2v) is 4.81. The standard InChI is InChI=1S/C15H20FNO4.Na/c16-11-7-8-13(18)12(10-11)15(21)17-9-5-3-1-2-4-6-14(19)20;/h7-8,10,18H,1-6,9H2,(H,17,21)(H,19,20);/q;+1/p-1. The third-order valence-electron chi connectivity index (χ3n) is 3.05. The van der Waals surface area contributed by atoms with Crippen LogP contribution in [0.5, 0.6) is 5.75 Å². The van der Waals surface area contributed by atoms with Crippen LogP contribution in [-0.2, 0) is 4.79 Å². The summed E-state index contributed by atoms with van der Waals surface area (Å²) in [4.78, 5) is 21.9. The minimum atomic E-state index is -1.03. The van der Waals surface area contributed by atoms with Crippen molar-refractivity contribution >= 4 is 11.9 Å². The Bertz CT molecular complexity index is 496. The van der Waals surface area contributed by atoms with Crippen molar-refractivity contribution in [2.24, 2.45) is 0 Å². The van der Waals surface area contributed by atoms with Crippen LogP contribution in [0.4, 0.5) is 4.39 Å². The summed E-state index contributed by atoms with van der Waals surface area (Å²) in [6, 6.07) is 3.21. The van der Waals surface area contributed by atoms with Crippen LogP contribution in [0.2, 0.25) is 0 Å². The number of hydrogen-bond donors (Lipinski definition) is 2. The van der Waals surface area contributed by atoms with E-state index in [1.165, 1.54) is 0 Å². The summed E-state index contributed by atoms with van der Waals surface area (Å²) in [5.74, 6) is -2.37. The van der Waals surface area contributed by atoms with Crippen LogP contribution in [0.15, 0.2) is 18.2 Å². The Morgan fingerprint density at radius 1 is 1.14 bits per heavy atom. The van der Waals surface area contributed by atoms with Crippen molar-refractivity contribution in [2.45, 2.75) is 38.5 Å². The van der Waals surface area contributed by atoms with E-state index in [9.17, 15) is 24.2 Å². The number of hydrogen-bond acceptors (Lipinski definition) is 4. The number of aromatic hydroxyl groups is 1. The van der Waals surface area contributed by atoms with Crippen molar-refractivity contribution in [3.8, 4) is 5.75 Å². The fourth-order valence-electron chi connectivity index (χ4n) is 1.91. The molecule has 1 aromatic carbocycles. The molecule has 0 spiro atoms. The summed E-state index contributed by atoms with van der Waals surface area (Å²) in [7, 11) is 0. The number of carboxylic acids is 1. The van der Waals surface area contributed by atoms with E-state index in [2.05, 4.69) is 5.32 Å². The number of carboxylic acid groups (broad SMARTS) is 1. The maximum Gasteiger partial charge on any atom is 1.00 e. The van der Waals surface area contributed by atoms with E-state index in [-0.39, 0.29) is 47.3 Å². The molecular weight excluding hydrogens is 300 g/mol. The second-order valence-electron chi connectivity index (χ2n) is 4.81. The molecule has 2 N–H and O–H groups in total. The molecule has 0 bridgehead atoms. The molecule has 0 unspecified atom stereocenters. The minimum absolute atomic E-state index is 0. The zero-order valence-corrected chi connectivity index (χ0v) is 14.7. The topological polar surface area (TPSA) is 89.5 Å². The van der Waals surface area contributed by atoms with Crippen LogP contribution < -0.4 is 40.0 Å². The van der Waals surface area contributed by atoms with Crippen LogP contribution in [0.1, 0.15) is 48.9 Å². The first kappa shape index (κ1) is 20.9. The molecule has 0 heterocycles. The average molecular weight is 319 g/mol. The maximum atomic E-state index is 13.0. The first-order valence-electron chi connectivity index (χ1n) is 6.97. The summed E-state index contributed by atoms with van der Waals surface area (Å²) in [5, 5.41) is 22.3. The van der Waals surface area contributed by atoms with Gasteiger partial charge in [-0.1, -0.05) is 19.3 Å². The fraction of sp³-hybridized carbons (Fsp3) is 0.467. The largest absolute Gasteiger partial charge is 1.00 e. The SMILES string of the molecule is O=C([O-])CCCCCCCNC(=O)c1cc(F)ccc1O.[Na+]. The van der Waals surface area contributed by atoms with Gasteiger partial charge in [-0.2, -0.15) is 0 Å². The van der Waals surface area contributed by atoms with Gasteiger partial charge < -0.3 is 20.3 Å². The molecule has 0 saturated heterocycles. The summed E-state index contributed by atoms with van der Waals surface area (Å²) in [6.45, 7) is 0.426. The number of nitrogens with one attached hydrogen (secondary N) is 1. The maximum absolute atomic E-state index is 13.0. The fourth-order valence-corrected chi connectivity index (χ4v) is 1.91. The molecule has 0 aromatic heterocycles. The molecule has 1 aromatic rings. The molecule has 22 heavy (non-hydrogen) atoms. The number of unbranched alkanes of at least 4 members (excludes halogenated alkanes) is 4. The summed E-state index contributed by atoms with van der Waals surface area (Å²) >= 11 is 0. The van der Waals surface area contributed by atoms with Gasteiger partial charge in [0.25, 0.3) is 5.91 Å². The molecule has 0 atom stereocenters. The number of rotatable bonds is 9. The molecule has 0 aliphatic rings. The number of halogens is 1. The number of benzene rings is 1. The van der Waals surface area contributed by atoms with Gasteiger partial charge in [-0.15, -0.1) is 0 Å². The van der Waals surface area contributed by atoms with Crippen LogP contribution in [0, 0.1) is 5.82 Å². The Balaban J connectivity index is 0.00000441. The number of carbonyl (C=O) groups is 2. The van der Waals surface area contributed by atoms with Gasteiger partial charge in [-0.3, -0.25) is 4.79 Å². The number of phenols is 1. The molecule has 7 heteroatoms. The Kier molecular flexibility index (Phi) is 10.9. The minimum Gasteiger partial charge on any atom is -0.550 e. The zero-order chi connectivity index (χ0) is 15.7. The Morgan fingerprint density at radius 2 is 1.77 bits per heavy atom. The molecule has 1 rings (SSSR count). The Hall–Kier alpha value is -1.11. The van der Waals surface area contributed by atoms with E-state index in [0.717, 1.165) is 43.9 Å². The molecule has 0 saturated carbocycles. The number of amides is 1. The molecule has 1 amide bonds. The monoisotopic (exact) mass is 319 g/mol. The van der Waals surface area contributed by atoms with Crippen molar-refractivity contribution in [2.75, 3.05) is 6.54 Å². The van der Waals surface area contributed by atoms with Gasteiger partial charge in [0.15, 0.2) is 0 Å². The van der Waals surface area contributed by atoms with E-state index in [1.807, 2.05) is 0 Å². The predicted molar refractivity (Wildman–Crippen MR) is 73.1 cm³/mol. The van der Waals surface area contributed by atoms with Gasteiger partial charge in [0, 0.05) is 12.5 Å². The van der Waals surface area contributed by atoms with Crippen molar-refractivity contribution < 1.29 is 53.7 Å². The average Bonchev–Trinajstić information content (AvgIpc) is 2.43. The van der Waals surface area contributed by atoms with Gasteiger partial charge in [0.05, 0.1) is 5.56 Å². The second kappa shape index (κ2) is 11.5. The Morgan fingerprint density at radius 3 is 2.45 bits per heavy atom. The molecular formula is C15H19FNNaO4. The molecule has 5 nitrogen and oxygen atoms in total. The van der Waals surface area contributed by atoms with Gasteiger partial charge in [-0.25, -0.2) is 4.39 Å². The number of carbonyl (C=O) groups excluding carboxylic acids is 2. The number of aliphatic carboxylic acids is 1. The Labute approximate surface area is 151 Å². The zero-order valence-electron chi connectivity index (χ0n) is 12.7. The van der Waals surface area contributed by atoms with Crippen LogP contribution in [-0.4, -0.2) is 23.5 Å². The van der Waals surface area contributed by atoms with Crippen LogP contribution in [0.25, 0.3) is 0 Å². The summed E-state index contributed by atoms with van der Waals surface area (Å²) in [6.07, 6.45) is 3.98. The quantitative estimate of drug-likeness (QED) is 0.422. The first-order valence-corrected chi connectivity index (χ1v) is 6.97. The predicted octanol–water partition coefficient (Wildman–Crippen LogP) is -1.64.